The lowest BCUT2D eigenvalue weighted by Gasteiger charge is -2.06. The third-order valence-corrected chi connectivity index (χ3v) is 2.34. The Hall–Kier alpha value is -2.43. The molecule has 0 aromatic heterocycles. The highest BCUT2D eigenvalue weighted by molar-refractivity contribution is 6.04. The highest BCUT2D eigenvalue weighted by atomic mass is 19.1. The summed E-state index contributed by atoms with van der Waals surface area (Å²) in [6.07, 6.45) is 0. The van der Waals surface area contributed by atoms with Crippen molar-refractivity contribution >= 4 is 17.3 Å². The topological polar surface area (TPSA) is 55.1 Å². The molecule has 0 aliphatic rings. The Labute approximate surface area is 102 Å². The Balaban J connectivity index is 2.18. The van der Waals surface area contributed by atoms with Gasteiger partial charge in [0.15, 0.2) is 0 Å². The van der Waals surface area contributed by atoms with E-state index in [1.807, 2.05) is 0 Å². The summed E-state index contributed by atoms with van der Waals surface area (Å²) in [5, 5.41) is 2.50. The van der Waals surface area contributed by atoms with Gasteiger partial charge in [-0.05, 0) is 36.4 Å². The molecule has 92 valence electrons. The van der Waals surface area contributed by atoms with E-state index in [0.717, 1.165) is 12.1 Å². The van der Waals surface area contributed by atoms with Gasteiger partial charge in [-0.2, -0.15) is 0 Å². The van der Waals surface area contributed by atoms with Gasteiger partial charge in [0.25, 0.3) is 5.91 Å². The number of amides is 1. The van der Waals surface area contributed by atoms with Crippen molar-refractivity contribution < 1.29 is 13.6 Å². The molecule has 0 aliphatic heterocycles. The molecule has 0 spiro atoms. The van der Waals surface area contributed by atoms with Crippen LogP contribution < -0.4 is 11.1 Å². The van der Waals surface area contributed by atoms with E-state index in [0.29, 0.717) is 5.69 Å². The number of hydrogen-bond donors (Lipinski definition) is 2. The monoisotopic (exact) mass is 248 g/mol. The van der Waals surface area contributed by atoms with Crippen LogP contribution in [0.5, 0.6) is 0 Å². The quantitative estimate of drug-likeness (QED) is 0.803. The van der Waals surface area contributed by atoms with Crippen molar-refractivity contribution in [3.8, 4) is 0 Å². The van der Waals surface area contributed by atoms with Crippen LogP contribution in [0.2, 0.25) is 0 Å². The van der Waals surface area contributed by atoms with E-state index in [2.05, 4.69) is 5.32 Å². The zero-order valence-corrected chi connectivity index (χ0v) is 9.28. The van der Waals surface area contributed by atoms with Gasteiger partial charge in [0.2, 0.25) is 0 Å². The van der Waals surface area contributed by atoms with Gasteiger partial charge < -0.3 is 11.1 Å². The van der Waals surface area contributed by atoms with Gasteiger partial charge in [-0.3, -0.25) is 4.79 Å². The van der Waals surface area contributed by atoms with Crippen LogP contribution in [-0.2, 0) is 0 Å². The molecule has 0 saturated carbocycles. The highest BCUT2D eigenvalue weighted by Gasteiger charge is 2.08. The van der Waals surface area contributed by atoms with Crippen molar-refractivity contribution in [2.45, 2.75) is 0 Å². The zero-order valence-electron chi connectivity index (χ0n) is 9.28. The Morgan fingerprint density at radius 3 is 2.56 bits per heavy atom. The molecule has 2 aromatic carbocycles. The molecule has 0 unspecified atom stereocenters. The van der Waals surface area contributed by atoms with Crippen molar-refractivity contribution in [2.24, 2.45) is 0 Å². The first-order valence-corrected chi connectivity index (χ1v) is 5.18. The number of carbonyl (C=O) groups excluding carboxylic acids is 1. The van der Waals surface area contributed by atoms with Crippen molar-refractivity contribution in [1.29, 1.82) is 0 Å². The number of anilines is 2. The minimum absolute atomic E-state index is 0.0629. The number of carbonyl (C=O) groups is 1. The standard InChI is InChI=1S/C13H10F2N2O/c14-9-3-1-2-8(6-9)13(18)17-10-4-5-11(15)12(16)7-10/h1-7H,16H2,(H,17,18). The molecule has 2 aromatic rings. The summed E-state index contributed by atoms with van der Waals surface area (Å²) in [4.78, 5) is 11.8. The van der Waals surface area contributed by atoms with Crippen LogP contribution >= 0.6 is 0 Å². The van der Waals surface area contributed by atoms with Crippen LogP contribution in [0.3, 0.4) is 0 Å². The predicted molar refractivity (Wildman–Crippen MR) is 65.2 cm³/mol. The second kappa shape index (κ2) is 4.83. The predicted octanol–water partition coefficient (Wildman–Crippen LogP) is 2.80. The molecule has 0 fully saturated rings. The van der Waals surface area contributed by atoms with E-state index in [-0.39, 0.29) is 11.3 Å². The molecule has 0 bridgehead atoms. The Kier molecular flexibility index (Phi) is 3.23. The molecule has 0 atom stereocenters. The molecular formula is C13H10F2N2O. The number of nitrogens with two attached hydrogens (primary N) is 1. The van der Waals surface area contributed by atoms with E-state index in [1.165, 1.54) is 30.3 Å². The third-order valence-electron chi connectivity index (χ3n) is 2.34. The van der Waals surface area contributed by atoms with Crippen LogP contribution in [0, 0.1) is 11.6 Å². The second-order valence-corrected chi connectivity index (χ2v) is 3.70. The molecule has 18 heavy (non-hydrogen) atoms. The van der Waals surface area contributed by atoms with Crippen molar-refractivity contribution in [2.75, 3.05) is 11.1 Å². The number of rotatable bonds is 2. The lowest BCUT2D eigenvalue weighted by atomic mass is 10.2. The summed E-state index contributed by atoms with van der Waals surface area (Å²) in [7, 11) is 0. The fraction of sp³-hybridized carbons (Fsp3) is 0. The second-order valence-electron chi connectivity index (χ2n) is 3.70. The molecule has 3 N–H and O–H groups in total. The number of benzene rings is 2. The van der Waals surface area contributed by atoms with Crippen LogP contribution in [0.25, 0.3) is 0 Å². The van der Waals surface area contributed by atoms with Gasteiger partial charge in [-0.25, -0.2) is 8.78 Å². The van der Waals surface area contributed by atoms with Crippen molar-refractivity contribution in [3.05, 3.63) is 59.7 Å². The Bertz CT molecular complexity index is 599. The van der Waals surface area contributed by atoms with Gasteiger partial charge in [-0.1, -0.05) is 6.07 Å². The first-order valence-electron chi connectivity index (χ1n) is 5.18. The van der Waals surface area contributed by atoms with Gasteiger partial charge in [-0.15, -0.1) is 0 Å². The van der Waals surface area contributed by atoms with Gasteiger partial charge >= 0.3 is 0 Å². The summed E-state index contributed by atoms with van der Waals surface area (Å²) in [5.41, 5.74) is 5.84. The van der Waals surface area contributed by atoms with Crippen molar-refractivity contribution in [1.82, 2.24) is 0 Å². The van der Waals surface area contributed by atoms with E-state index in [4.69, 9.17) is 5.73 Å². The van der Waals surface area contributed by atoms with Gasteiger partial charge in [0.1, 0.15) is 11.6 Å². The highest BCUT2D eigenvalue weighted by Crippen LogP contribution is 2.17. The fourth-order valence-electron chi connectivity index (χ4n) is 1.45. The van der Waals surface area contributed by atoms with Crippen LogP contribution in [0.15, 0.2) is 42.5 Å². The maximum Gasteiger partial charge on any atom is 0.255 e. The molecule has 0 heterocycles. The minimum Gasteiger partial charge on any atom is -0.396 e. The molecule has 5 heteroatoms. The summed E-state index contributed by atoms with van der Waals surface area (Å²) in [6, 6.07) is 9.09. The van der Waals surface area contributed by atoms with Crippen molar-refractivity contribution in [3.63, 3.8) is 0 Å². The molecular weight excluding hydrogens is 238 g/mol. The van der Waals surface area contributed by atoms with E-state index >= 15 is 0 Å². The summed E-state index contributed by atoms with van der Waals surface area (Å²) >= 11 is 0. The maximum absolute atomic E-state index is 12.9. The Morgan fingerprint density at radius 2 is 1.89 bits per heavy atom. The third kappa shape index (κ3) is 2.63. The molecule has 0 radical (unpaired) electrons. The zero-order chi connectivity index (χ0) is 13.1. The van der Waals surface area contributed by atoms with Crippen LogP contribution in [0.1, 0.15) is 10.4 Å². The summed E-state index contributed by atoms with van der Waals surface area (Å²) in [6.45, 7) is 0. The van der Waals surface area contributed by atoms with E-state index in [9.17, 15) is 13.6 Å². The lowest BCUT2D eigenvalue weighted by molar-refractivity contribution is 0.102. The van der Waals surface area contributed by atoms with Gasteiger partial charge in [0, 0.05) is 11.3 Å². The smallest absolute Gasteiger partial charge is 0.255 e. The fourth-order valence-corrected chi connectivity index (χ4v) is 1.45. The molecule has 1 amide bonds. The molecule has 3 nitrogen and oxygen atoms in total. The van der Waals surface area contributed by atoms with Crippen LogP contribution in [-0.4, -0.2) is 5.91 Å². The summed E-state index contributed by atoms with van der Waals surface area (Å²) in [5.74, 6) is -1.54. The summed E-state index contributed by atoms with van der Waals surface area (Å²) < 4.78 is 25.9. The molecule has 0 saturated heterocycles. The lowest BCUT2D eigenvalue weighted by Crippen LogP contribution is -2.12. The van der Waals surface area contributed by atoms with E-state index in [1.54, 1.807) is 0 Å². The largest absolute Gasteiger partial charge is 0.396 e. The van der Waals surface area contributed by atoms with Gasteiger partial charge in [0.05, 0.1) is 5.69 Å². The number of nitrogens with one attached hydrogen (secondary N) is 1. The van der Waals surface area contributed by atoms with Crippen LogP contribution in [0.4, 0.5) is 20.2 Å². The number of nitrogen functional groups attached to an aromatic ring is 1. The minimum atomic E-state index is -0.557. The SMILES string of the molecule is Nc1cc(NC(=O)c2cccc(F)c2)ccc1F. The first-order chi connectivity index (χ1) is 8.56. The Morgan fingerprint density at radius 1 is 1.11 bits per heavy atom. The average Bonchev–Trinajstić information content (AvgIpc) is 2.34. The number of hydrogen-bond acceptors (Lipinski definition) is 2. The normalized spacial score (nSPS) is 10.1. The average molecular weight is 248 g/mol. The number of halogens is 2. The first kappa shape index (κ1) is 12.0. The molecule has 0 aliphatic carbocycles. The van der Waals surface area contributed by atoms with E-state index < -0.39 is 17.5 Å². The molecule has 2 rings (SSSR count). The maximum atomic E-state index is 12.9.